The Morgan fingerprint density at radius 2 is 2.21 bits per heavy atom. The minimum absolute atomic E-state index is 0.299. The van der Waals surface area contributed by atoms with Gasteiger partial charge in [0.15, 0.2) is 11.5 Å². The molecule has 0 saturated carbocycles. The van der Waals surface area contributed by atoms with E-state index in [4.69, 9.17) is 21.1 Å². The van der Waals surface area contributed by atoms with Gasteiger partial charge >= 0.3 is 0 Å². The Morgan fingerprint density at radius 1 is 1.42 bits per heavy atom. The molecule has 1 aromatic heterocycles. The first-order valence-corrected chi connectivity index (χ1v) is 8.52. The SMILES string of the molecule is CCCOc1c(Cl)cc(/C=C/C(=O)Nc2nnc(C)s2)cc1OC. The number of ether oxygens (including phenoxy) is 2. The highest BCUT2D eigenvalue weighted by Gasteiger charge is 2.11. The number of rotatable bonds is 7. The minimum Gasteiger partial charge on any atom is -0.493 e. The van der Waals surface area contributed by atoms with Crippen LogP contribution in [0.3, 0.4) is 0 Å². The highest BCUT2D eigenvalue weighted by atomic mass is 35.5. The molecule has 8 heteroatoms. The van der Waals surface area contributed by atoms with E-state index < -0.39 is 0 Å². The summed E-state index contributed by atoms with van der Waals surface area (Å²) in [6.07, 6.45) is 3.90. The van der Waals surface area contributed by atoms with E-state index in [0.29, 0.717) is 28.3 Å². The van der Waals surface area contributed by atoms with Crippen LogP contribution in [0.5, 0.6) is 11.5 Å². The second-order valence-corrected chi connectivity index (χ2v) is 6.42. The van der Waals surface area contributed by atoms with Gasteiger partial charge in [-0.1, -0.05) is 29.9 Å². The van der Waals surface area contributed by atoms with Gasteiger partial charge in [0.25, 0.3) is 0 Å². The number of nitrogens with zero attached hydrogens (tertiary/aromatic N) is 2. The molecule has 0 spiro atoms. The van der Waals surface area contributed by atoms with E-state index in [1.165, 1.54) is 17.4 Å². The van der Waals surface area contributed by atoms with Crippen molar-refractivity contribution in [2.45, 2.75) is 20.3 Å². The standard InChI is InChI=1S/C16H18ClN3O3S/c1-4-7-23-15-12(17)8-11(9-13(15)22-3)5-6-14(21)18-16-20-19-10(2)24-16/h5-6,8-9H,4,7H2,1-3H3,(H,18,20,21)/b6-5+. The zero-order valence-electron chi connectivity index (χ0n) is 13.6. The Hall–Kier alpha value is -2.12. The van der Waals surface area contributed by atoms with Gasteiger partial charge in [-0.05, 0) is 37.1 Å². The molecule has 1 aromatic carbocycles. The number of anilines is 1. The van der Waals surface area contributed by atoms with Crippen molar-refractivity contribution >= 4 is 40.1 Å². The predicted octanol–water partition coefficient (Wildman–Crippen LogP) is 3.95. The molecule has 1 N–H and O–H groups in total. The fraction of sp³-hybridized carbons (Fsp3) is 0.312. The number of carbonyl (C=O) groups is 1. The highest BCUT2D eigenvalue weighted by molar-refractivity contribution is 7.15. The Kier molecular flexibility index (Phi) is 6.57. The van der Waals surface area contributed by atoms with Gasteiger partial charge in [-0.15, -0.1) is 10.2 Å². The Labute approximate surface area is 149 Å². The highest BCUT2D eigenvalue weighted by Crippen LogP contribution is 2.36. The maximum atomic E-state index is 11.9. The fourth-order valence-corrected chi connectivity index (χ4v) is 2.71. The molecule has 0 aliphatic carbocycles. The van der Waals surface area contributed by atoms with Crippen molar-refractivity contribution in [3.8, 4) is 11.5 Å². The van der Waals surface area contributed by atoms with Crippen LogP contribution in [-0.4, -0.2) is 29.8 Å². The molecule has 0 bridgehead atoms. The molecule has 0 aliphatic heterocycles. The van der Waals surface area contributed by atoms with Crippen LogP contribution in [0, 0.1) is 6.92 Å². The minimum atomic E-state index is -0.299. The molecule has 0 radical (unpaired) electrons. The van der Waals surface area contributed by atoms with Gasteiger partial charge in [0.05, 0.1) is 18.7 Å². The summed E-state index contributed by atoms with van der Waals surface area (Å²) in [6, 6.07) is 3.48. The van der Waals surface area contributed by atoms with Crippen LogP contribution in [0.2, 0.25) is 5.02 Å². The third-order valence-corrected chi connectivity index (χ3v) is 3.92. The van der Waals surface area contributed by atoms with E-state index in [9.17, 15) is 4.79 Å². The third-order valence-electron chi connectivity index (χ3n) is 2.89. The molecule has 0 unspecified atom stereocenters. The van der Waals surface area contributed by atoms with E-state index in [1.807, 2.05) is 13.8 Å². The van der Waals surface area contributed by atoms with Gasteiger partial charge < -0.3 is 9.47 Å². The molecule has 1 heterocycles. The molecular weight excluding hydrogens is 350 g/mol. The van der Waals surface area contributed by atoms with Gasteiger partial charge in [-0.3, -0.25) is 10.1 Å². The smallest absolute Gasteiger partial charge is 0.250 e. The molecular formula is C16H18ClN3O3S. The Balaban J connectivity index is 2.10. The first-order chi connectivity index (χ1) is 11.5. The van der Waals surface area contributed by atoms with E-state index in [2.05, 4.69) is 15.5 Å². The summed E-state index contributed by atoms with van der Waals surface area (Å²) in [4.78, 5) is 11.9. The number of benzene rings is 1. The molecule has 1 amide bonds. The van der Waals surface area contributed by atoms with E-state index >= 15 is 0 Å². The van der Waals surface area contributed by atoms with Crippen LogP contribution in [0.1, 0.15) is 23.9 Å². The van der Waals surface area contributed by atoms with Crippen LogP contribution >= 0.6 is 22.9 Å². The quantitative estimate of drug-likeness (QED) is 0.750. The number of methoxy groups -OCH3 is 1. The monoisotopic (exact) mass is 367 g/mol. The van der Waals surface area contributed by atoms with Crippen molar-refractivity contribution in [1.82, 2.24) is 10.2 Å². The summed E-state index contributed by atoms with van der Waals surface area (Å²) < 4.78 is 10.9. The van der Waals surface area contributed by atoms with E-state index in [0.717, 1.165) is 17.0 Å². The van der Waals surface area contributed by atoms with Crippen molar-refractivity contribution in [1.29, 1.82) is 0 Å². The van der Waals surface area contributed by atoms with Crippen molar-refractivity contribution in [2.24, 2.45) is 0 Å². The molecule has 24 heavy (non-hydrogen) atoms. The third kappa shape index (κ3) is 4.94. The molecule has 0 aliphatic rings. The summed E-state index contributed by atoms with van der Waals surface area (Å²) in [7, 11) is 1.54. The second kappa shape index (κ2) is 8.65. The Bertz CT molecular complexity index is 746. The number of aryl methyl sites for hydroxylation is 1. The first kappa shape index (κ1) is 18.2. The molecule has 2 aromatic rings. The van der Waals surface area contributed by atoms with Gasteiger partial charge in [0, 0.05) is 6.08 Å². The number of hydrogen-bond donors (Lipinski definition) is 1. The van der Waals surface area contributed by atoms with Crippen molar-refractivity contribution in [3.05, 3.63) is 33.8 Å². The van der Waals surface area contributed by atoms with Crippen LogP contribution in [0.25, 0.3) is 6.08 Å². The lowest BCUT2D eigenvalue weighted by molar-refractivity contribution is -0.111. The normalized spacial score (nSPS) is 10.8. The molecule has 6 nitrogen and oxygen atoms in total. The predicted molar refractivity (Wildman–Crippen MR) is 96.1 cm³/mol. The summed E-state index contributed by atoms with van der Waals surface area (Å²) in [6.45, 7) is 4.38. The largest absolute Gasteiger partial charge is 0.493 e. The number of aromatic nitrogens is 2. The summed E-state index contributed by atoms with van der Waals surface area (Å²) in [5.41, 5.74) is 0.726. The molecule has 2 rings (SSSR count). The van der Waals surface area contributed by atoms with E-state index in [1.54, 1.807) is 25.3 Å². The molecule has 0 saturated heterocycles. The topological polar surface area (TPSA) is 73.3 Å². The number of hydrogen-bond acceptors (Lipinski definition) is 6. The van der Waals surface area contributed by atoms with Crippen molar-refractivity contribution in [2.75, 3.05) is 19.0 Å². The molecule has 128 valence electrons. The second-order valence-electron chi connectivity index (χ2n) is 4.83. The summed E-state index contributed by atoms with van der Waals surface area (Å²) >= 11 is 7.55. The average molecular weight is 368 g/mol. The fourth-order valence-electron chi connectivity index (χ4n) is 1.85. The van der Waals surface area contributed by atoms with Gasteiger partial charge in [-0.25, -0.2) is 0 Å². The zero-order valence-corrected chi connectivity index (χ0v) is 15.2. The first-order valence-electron chi connectivity index (χ1n) is 7.33. The van der Waals surface area contributed by atoms with E-state index in [-0.39, 0.29) is 5.91 Å². The maximum Gasteiger partial charge on any atom is 0.250 e. The zero-order chi connectivity index (χ0) is 17.5. The lowest BCUT2D eigenvalue weighted by Gasteiger charge is -2.12. The Morgan fingerprint density at radius 3 is 2.83 bits per heavy atom. The van der Waals surface area contributed by atoms with Crippen molar-refractivity contribution in [3.63, 3.8) is 0 Å². The number of halogens is 1. The summed E-state index contributed by atoms with van der Waals surface area (Å²) in [5.74, 6) is 0.732. The van der Waals surface area contributed by atoms with Crippen LogP contribution in [0.4, 0.5) is 5.13 Å². The van der Waals surface area contributed by atoms with Crippen LogP contribution < -0.4 is 14.8 Å². The van der Waals surface area contributed by atoms with Gasteiger partial charge in [0.2, 0.25) is 11.0 Å². The number of carbonyl (C=O) groups excluding carboxylic acids is 1. The van der Waals surface area contributed by atoms with Crippen molar-refractivity contribution < 1.29 is 14.3 Å². The lowest BCUT2D eigenvalue weighted by Crippen LogP contribution is -2.07. The molecule has 0 fully saturated rings. The number of amides is 1. The maximum absolute atomic E-state index is 11.9. The number of nitrogens with one attached hydrogen (secondary N) is 1. The van der Waals surface area contributed by atoms with Gasteiger partial charge in [-0.2, -0.15) is 0 Å². The van der Waals surface area contributed by atoms with Gasteiger partial charge in [0.1, 0.15) is 5.01 Å². The summed E-state index contributed by atoms with van der Waals surface area (Å²) in [5, 5.41) is 12.0. The molecule has 0 atom stereocenters. The lowest BCUT2D eigenvalue weighted by atomic mass is 10.2. The van der Waals surface area contributed by atoms with Crippen LogP contribution in [-0.2, 0) is 4.79 Å². The van der Waals surface area contributed by atoms with Crippen LogP contribution in [0.15, 0.2) is 18.2 Å². The average Bonchev–Trinajstić information content (AvgIpc) is 2.96.